The maximum Gasteiger partial charge on any atom is 0.417 e. The zero-order valence-corrected chi connectivity index (χ0v) is 14.6. The molecule has 3 aromatic rings. The molecule has 1 aromatic carbocycles. The number of hydrogen-bond donors (Lipinski definition) is 1. The van der Waals surface area contributed by atoms with Gasteiger partial charge in [0.2, 0.25) is 0 Å². The number of aromatic nitrogens is 2. The number of nitrogens with one attached hydrogen (secondary N) is 1. The fraction of sp³-hybridized carbons (Fsp3) is 0.176. The van der Waals surface area contributed by atoms with Gasteiger partial charge in [-0.05, 0) is 30.3 Å². The molecule has 0 aliphatic rings. The summed E-state index contributed by atoms with van der Waals surface area (Å²) < 4.78 is 48.2. The molecule has 0 aliphatic heterocycles. The summed E-state index contributed by atoms with van der Waals surface area (Å²) in [4.78, 5) is 8.20. The lowest BCUT2D eigenvalue weighted by Crippen LogP contribution is -2.05. The van der Waals surface area contributed by atoms with Crippen molar-refractivity contribution in [3.05, 3.63) is 47.5 Å². The standard InChI is InChI=1S/C17H14F3N3O2S/c1-24-13-5-3-10(7-14(13)25-2)12-9-26-16(22-12)23-15-6-4-11(8-21-15)17(18,19)20/h3-9H,1-2H3,(H,21,22,23). The summed E-state index contributed by atoms with van der Waals surface area (Å²) in [5.41, 5.74) is 0.728. The van der Waals surface area contributed by atoms with Crippen molar-refractivity contribution >= 4 is 22.3 Å². The van der Waals surface area contributed by atoms with Gasteiger partial charge in [-0.3, -0.25) is 0 Å². The van der Waals surface area contributed by atoms with Gasteiger partial charge < -0.3 is 14.8 Å². The van der Waals surface area contributed by atoms with Gasteiger partial charge in [0, 0.05) is 17.1 Å². The Labute approximate surface area is 151 Å². The normalized spacial score (nSPS) is 11.3. The summed E-state index contributed by atoms with van der Waals surface area (Å²) >= 11 is 1.32. The van der Waals surface area contributed by atoms with Gasteiger partial charge in [-0.25, -0.2) is 9.97 Å². The first-order chi connectivity index (χ1) is 12.4. The SMILES string of the molecule is COc1ccc(-c2csc(Nc3ccc(C(F)(F)F)cn3)n2)cc1OC. The summed E-state index contributed by atoms with van der Waals surface area (Å²) in [6.45, 7) is 0. The lowest BCUT2D eigenvalue weighted by Gasteiger charge is -2.08. The van der Waals surface area contributed by atoms with Crippen molar-refractivity contribution in [2.75, 3.05) is 19.5 Å². The Morgan fingerprint density at radius 2 is 1.81 bits per heavy atom. The van der Waals surface area contributed by atoms with Gasteiger partial charge in [0.15, 0.2) is 16.6 Å². The average Bonchev–Trinajstić information content (AvgIpc) is 3.09. The molecule has 0 bridgehead atoms. The van der Waals surface area contributed by atoms with E-state index in [2.05, 4.69) is 15.3 Å². The molecule has 26 heavy (non-hydrogen) atoms. The first kappa shape index (κ1) is 18.0. The predicted molar refractivity (Wildman–Crippen MR) is 93.2 cm³/mol. The quantitative estimate of drug-likeness (QED) is 0.675. The molecule has 0 fully saturated rings. The molecule has 9 heteroatoms. The van der Waals surface area contributed by atoms with E-state index in [1.165, 1.54) is 17.4 Å². The van der Waals surface area contributed by atoms with E-state index in [0.29, 0.717) is 22.3 Å². The number of halogens is 3. The number of benzene rings is 1. The summed E-state index contributed by atoms with van der Waals surface area (Å²) in [7, 11) is 3.10. The molecule has 0 amide bonds. The Hall–Kier alpha value is -2.81. The van der Waals surface area contributed by atoms with Gasteiger partial charge in [-0.1, -0.05) is 0 Å². The molecule has 2 aromatic heterocycles. The maximum atomic E-state index is 12.6. The Balaban J connectivity index is 1.78. The molecule has 0 unspecified atom stereocenters. The zero-order valence-electron chi connectivity index (χ0n) is 13.8. The minimum atomic E-state index is -4.41. The third-order valence-corrected chi connectivity index (χ3v) is 4.27. The lowest BCUT2D eigenvalue weighted by molar-refractivity contribution is -0.137. The molecule has 0 atom stereocenters. The number of thiazole rings is 1. The van der Waals surface area contributed by atoms with E-state index in [1.54, 1.807) is 26.4 Å². The number of hydrogen-bond acceptors (Lipinski definition) is 6. The van der Waals surface area contributed by atoms with Crippen LogP contribution in [0.2, 0.25) is 0 Å². The number of anilines is 2. The lowest BCUT2D eigenvalue weighted by atomic mass is 10.1. The van der Waals surface area contributed by atoms with E-state index in [1.807, 2.05) is 11.4 Å². The van der Waals surface area contributed by atoms with E-state index in [4.69, 9.17) is 9.47 Å². The van der Waals surface area contributed by atoms with Crippen molar-refractivity contribution in [2.24, 2.45) is 0 Å². The molecule has 5 nitrogen and oxygen atoms in total. The number of alkyl halides is 3. The van der Waals surface area contributed by atoms with Crippen molar-refractivity contribution in [3.8, 4) is 22.8 Å². The van der Waals surface area contributed by atoms with Gasteiger partial charge in [-0.2, -0.15) is 13.2 Å². The predicted octanol–water partition coefficient (Wildman–Crippen LogP) is 4.98. The van der Waals surface area contributed by atoms with Crippen LogP contribution in [0.3, 0.4) is 0 Å². The Kier molecular flexibility index (Phi) is 4.99. The molecule has 2 heterocycles. The van der Waals surface area contributed by atoms with Crippen LogP contribution in [0.15, 0.2) is 41.9 Å². The monoisotopic (exact) mass is 381 g/mol. The van der Waals surface area contributed by atoms with Crippen LogP contribution in [-0.2, 0) is 6.18 Å². The van der Waals surface area contributed by atoms with E-state index in [0.717, 1.165) is 17.8 Å². The summed E-state index contributed by atoms with van der Waals surface area (Å²) in [5, 5.41) is 5.24. The Morgan fingerprint density at radius 3 is 2.42 bits per heavy atom. The molecule has 0 radical (unpaired) electrons. The van der Waals surface area contributed by atoms with Gasteiger partial charge in [0.05, 0.1) is 25.5 Å². The Morgan fingerprint density at radius 1 is 1.04 bits per heavy atom. The van der Waals surface area contributed by atoms with Gasteiger partial charge in [0.25, 0.3) is 0 Å². The molecule has 3 rings (SSSR count). The van der Waals surface area contributed by atoms with E-state index >= 15 is 0 Å². The number of pyridine rings is 1. The highest BCUT2D eigenvalue weighted by molar-refractivity contribution is 7.14. The highest BCUT2D eigenvalue weighted by Gasteiger charge is 2.30. The third kappa shape index (κ3) is 3.88. The second-order valence-electron chi connectivity index (χ2n) is 5.16. The number of rotatable bonds is 5. The van der Waals surface area contributed by atoms with Crippen molar-refractivity contribution in [3.63, 3.8) is 0 Å². The largest absolute Gasteiger partial charge is 0.493 e. The van der Waals surface area contributed by atoms with E-state index in [9.17, 15) is 13.2 Å². The van der Waals surface area contributed by atoms with Crippen LogP contribution < -0.4 is 14.8 Å². The van der Waals surface area contributed by atoms with Crippen molar-refractivity contribution in [1.82, 2.24) is 9.97 Å². The van der Waals surface area contributed by atoms with E-state index in [-0.39, 0.29) is 5.82 Å². The van der Waals surface area contributed by atoms with Crippen molar-refractivity contribution in [2.45, 2.75) is 6.18 Å². The van der Waals surface area contributed by atoms with Crippen molar-refractivity contribution < 1.29 is 22.6 Å². The van der Waals surface area contributed by atoms with Crippen LogP contribution in [0.1, 0.15) is 5.56 Å². The van der Waals surface area contributed by atoms with Crippen LogP contribution in [0.4, 0.5) is 24.1 Å². The van der Waals surface area contributed by atoms with Gasteiger partial charge in [0.1, 0.15) is 5.82 Å². The molecule has 0 spiro atoms. The van der Waals surface area contributed by atoms with Crippen molar-refractivity contribution in [1.29, 1.82) is 0 Å². The van der Waals surface area contributed by atoms with Gasteiger partial charge in [-0.15, -0.1) is 11.3 Å². The second-order valence-corrected chi connectivity index (χ2v) is 6.02. The minimum Gasteiger partial charge on any atom is -0.493 e. The highest BCUT2D eigenvalue weighted by atomic mass is 32.1. The third-order valence-electron chi connectivity index (χ3n) is 3.51. The smallest absolute Gasteiger partial charge is 0.417 e. The van der Waals surface area contributed by atoms with Gasteiger partial charge >= 0.3 is 6.18 Å². The highest BCUT2D eigenvalue weighted by Crippen LogP contribution is 2.34. The molecular weight excluding hydrogens is 367 g/mol. The molecule has 0 aliphatic carbocycles. The number of methoxy groups -OCH3 is 2. The molecule has 1 N–H and O–H groups in total. The van der Waals surface area contributed by atoms with Crippen LogP contribution >= 0.6 is 11.3 Å². The van der Waals surface area contributed by atoms with Crippen LogP contribution in [0.5, 0.6) is 11.5 Å². The fourth-order valence-corrected chi connectivity index (χ4v) is 2.93. The minimum absolute atomic E-state index is 0.284. The topological polar surface area (TPSA) is 56.3 Å². The number of ether oxygens (including phenoxy) is 2. The summed E-state index contributed by atoms with van der Waals surface area (Å²) in [6.07, 6.45) is -3.63. The zero-order chi connectivity index (χ0) is 18.7. The summed E-state index contributed by atoms with van der Waals surface area (Å²) in [6, 6.07) is 7.65. The van der Waals surface area contributed by atoms with Crippen LogP contribution in [0.25, 0.3) is 11.3 Å². The first-order valence-corrected chi connectivity index (χ1v) is 8.27. The van der Waals surface area contributed by atoms with Crippen LogP contribution in [-0.4, -0.2) is 24.2 Å². The van der Waals surface area contributed by atoms with E-state index < -0.39 is 11.7 Å². The first-order valence-electron chi connectivity index (χ1n) is 7.39. The second kappa shape index (κ2) is 7.20. The summed E-state index contributed by atoms with van der Waals surface area (Å²) in [5.74, 6) is 1.47. The molecule has 0 saturated heterocycles. The Bertz CT molecular complexity index is 895. The average molecular weight is 381 g/mol. The number of nitrogens with zero attached hydrogens (tertiary/aromatic N) is 2. The molecule has 0 saturated carbocycles. The maximum absolute atomic E-state index is 12.6. The van der Waals surface area contributed by atoms with Crippen LogP contribution in [0, 0.1) is 0 Å². The molecule has 136 valence electrons. The fourth-order valence-electron chi connectivity index (χ4n) is 2.20. The molecular formula is C17H14F3N3O2S.